The van der Waals surface area contributed by atoms with Gasteiger partial charge in [0.25, 0.3) is 0 Å². The van der Waals surface area contributed by atoms with Crippen molar-refractivity contribution in [1.82, 2.24) is 5.32 Å². The van der Waals surface area contributed by atoms with Crippen LogP contribution < -0.4 is 11.1 Å². The maximum absolute atomic E-state index is 12.4. The lowest BCUT2D eigenvalue weighted by Gasteiger charge is -2.33. The van der Waals surface area contributed by atoms with Crippen molar-refractivity contribution >= 4 is 11.7 Å². The number of hydrogen-bond acceptors (Lipinski definition) is 4. The highest BCUT2D eigenvalue weighted by molar-refractivity contribution is 5.94. The third-order valence-corrected chi connectivity index (χ3v) is 4.49. The zero-order valence-electron chi connectivity index (χ0n) is 12.1. The molecule has 0 radical (unpaired) electrons. The van der Waals surface area contributed by atoms with Crippen molar-refractivity contribution in [2.45, 2.75) is 63.5 Å². The highest BCUT2D eigenvalue weighted by Gasteiger charge is 2.39. The van der Waals surface area contributed by atoms with E-state index in [4.69, 9.17) is 15.7 Å². The molecule has 0 spiro atoms. The topological polar surface area (TPSA) is 96.9 Å². The Kier molecular flexibility index (Phi) is 4.86. The van der Waals surface area contributed by atoms with Gasteiger partial charge in [-0.15, -0.1) is 0 Å². The summed E-state index contributed by atoms with van der Waals surface area (Å²) in [6.45, 7) is 2.43. The molecule has 1 amide bonds. The van der Waals surface area contributed by atoms with Gasteiger partial charge in [-0.3, -0.25) is 4.79 Å². The molecule has 6 nitrogen and oxygen atoms in total. The summed E-state index contributed by atoms with van der Waals surface area (Å²) in [7, 11) is 0. The summed E-state index contributed by atoms with van der Waals surface area (Å²) < 4.78 is 5.45. The van der Waals surface area contributed by atoms with Gasteiger partial charge in [-0.25, -0.2) is 0 Å². The maximum atomic E-state index is 12.4. The molecule has 2 fully saturated rings. The zero-order valence-corrected chi connectivity index (χ0v) is 12.1. The van der Waals surface area contributed by atoms with Crippen LogP contribution in [-0.2, 0) is 9.53 Å². The summed E-state index contributed by atoms with van der Waals surface area (Å²) in [5, 5.41) is 15.3. The summed E-state index contributed by atoms with van der Waals surface area (Å²) in [5.74, 6) is -0.0424. The van der Waals surface area contributed by atoms with Crippen LogP contribution in [0.25, 0.3) is 0 Å². The predicted octanol–water partition coefficient (Wildman–Crippen LogP) is 1.37. The molecule has 0 aromatic carbocycles. The zero-order chi connectivity index (χ0) is 14.6. The Labute approximate surface area is 119 Å². The van der Waals surface area contributed by atoms with Crippen LogP contribution in [0.2, 0.25) is 0 Å². The minimum absolute atomic E-state index is 0.0390. The van der Waals surface area contributed by atoms with Crippen molar-refractivity contribution in [3.63, 3.8) is 0 Å². The average molecular weight is 283 g/mol. The lowest BCUT2D eigenvalue weighted by atomic mass is 9.87. The number of amidine groups is 1. The van der Waals surface area contributed by atoms with Gasteiger partial charge in [0.15, 0.2) is 5.84 Å². The van der Waals surface area contributed by atoms with E-state index in [0.29, 0.717) is 6.61 Å². The first-order valence-corrected chi connectivity index (χ1v) is 7.49. The number of rotatable bonds is 3. The summed E-state index contributed by atoms with van der Waals surface area (Å²) in [5.41, 5.74) is 5.19. The standard InChI is InChI=1S/C14H25N3O3/c1-10-8-11(9-20-10)12(18)16-14(13(15)17-19)6-4-2-3-5-7-14/h10-11,19H,2-9H2,1H3,(H2,15,17)(H,16,18). The van der Waals surface area contributed by atoms with Crippen LogP contribution in [0, 0.1) is 5.92 Å². The first kappa shape index (κ1) is 15.1. The van der Waals surface area contributed by atoms with E-state index < -0.39 is 5.54 Å². The van der Waals surface area contributed by atoms with Gasteiger partial charge in [-0.2, -0.15) is 0 Å². The number of ether oxygens (including phenoxy) is 1. The van der Waals surface area contributed by atoms with E-state index >= 15 is 0 Å². The first-order chi connectivity index (χ1) is 9.57. The summed E-state index contributed by atoms with van der Waals surface area (Å²) >= 11 is 0. The second kappa shape index (κ2) is 6.43. The largest absolute Gasteiger partial charge is 0.409 e. The third-order valence-electron chi connectivity index (χ3n) is 4.49. The van der Waals surface area contributed by atoms with E-state index in [9.17, 15) is 4.79 Å². The number of nitrogens with one attached hydrogen (secondary N) is 1. The number of amides is 1. The average Bonchev–Trinajstić information content (AvgIpc) is 2.74. The Balaban J connectivity index is 2.09. The van der Waals surface area contributed by atoms with E-state index in [-0.39, 0.29) is 23.8 Å². The minimum Gasteiger partial charge on any atom is -0.409 e. The summed E-state index contributed by atoms with van der Waals surface area (Å²) in [4.78, 5) is 12.4. The molecular weight excluding hydrogens is 258 g/mol. The van der Waals surface area contributed by atoms with Crippen LogP contribution in [0.4, 0.5) is 0 Å². The maximum Gasteiger partial charge on any atom is 0.226 e. The molecule has 1 saturated heterocycles. The van der Waals surface area contributed by atoms with Crippen LogP contribution in [-0.4, -0.2) is 35.2 Å². The van der Waals surface area contributed by atoms with E-state index in [1.807, 2.05) is 6.92 Å². The Hall–Kier alpha value is -1.30. The van der Waals surface area contributed by atoms with Gasteiger partial charge in [0.2, 0.25) is 5.91 Å². The van der Waals surface area contributed by atoms with E-state index in [2.05, 4.69) is 10.5 Å². The van der Waals surface area contributed by atoms with Gasteiger partial charge in [0, 0.05) is 0 Å². The predicted molar refractivity (Wildman–Crippen MR) is 75.5 cm³/mol. The lowest BCUT2D eigenvalue weighted by Crippen LogP contribution is -2.58. The summed E-state index contributed by atoms with van der Waals surface area (Å²) in [6.07, 6.45) is 6.54. The molecule has 6 heteroatoms. The minimum atomic E-state index is -0.686. The molecule has 1 aliphatic carbocycles. The quantitative estimate of drug-likeness (QED) is 0.239. The number of oxime groups is 1. The number of carbonyl (C=O) groups is 1. The van der Waals surface area contributed by atoms with Crippen molar-refractivity contribution in [2.24, 2.45) is 16.8 Å². The Morgan fingerprint density at radius 3 is 2.50 bits per heavy atom. The monoisotopic (exact) mass is 283 g/mol. The van der Waals surface area contributed by atoms with E-state index in [1.165, 1.54) is 0 Å². The Morgan fingerprint density at radius 1 is 1.35 bits per heavy atom. The van der Waals surface area contributed by atoms with Crippen LogP contribution >= 0.6 is 0 Å². The molecule has 0 aromatic rings. The van der Waals surface area contributed by atoms with E-state index in [1.54, 1.807) is 0 Å². The Morgan fingerprint density at radius 2 is 2.00 bits per heavy atom. The number of nitrogens with two attached hydrogens (primary N) is 1. The van der Waals surface area contributed by atoms with Crippen LogP contribution in [0.5, 0.6) is 0 Å². The molecule has 0 bridgehead atoms. The second-order valence-corrected chi connectivity index (χ2v) is 6.05. The molecule has 0 aromatic heterocycles. The fourth-order valence-corrected chi connectivity index (χ4v) is 3.21. The van der Waals surface area contributed by atoms with Crippen LogP contribution in [0.15, 0.2) is 5.16 Å². The van der Waals surface area contributed by atoms with Crippen molar-refractivity contribution in [3.05, 3.63) is 0 Å². The van der Waals surface area contributed by atoms with Crippen LogP contribution in [0.3, 0.4) is 0 Å². The van der Waals surface area contributed by atoms with Crippen molar-refractivity contribution in [2.75, 3.05) is 6.61 Å². The van der Waals surface area contributed by atoms with E-state index in [0.717, 1.165) is 44.9 Å². The van der Waals surface area contributed by atoms with Crippen molar-refractivity contribution in [1.29, 1.82) is 0 Å². The molecular formula is C14H25N3O3. The molecule has 114 valence electrons. The number of hydrogen-bond donors (Lipinski definition) is 3. The molecule has 1 heterocycles. The normalized spacial score (nSPS) is 30.8. The van der Waals surface area contributed by atoms with Gasteiger partial charge >= 0.3 is 0 Å². The molecule has 1 aliphatic heterocycles. The molecule has 2 atom stereocenters. The molecule has 2 rings (SSSR count). The Bertz CT molecular complexity index is 376. The molecule has 20 heavy (non-hydrogen) atoms. The lowest BCUT2D eigenvalue weighted by molar-refractivity contribution is -0.126. The second-order valence-electron chi connectivity index (χ2n) is 6.05. The van der Waals surface area contributed by atoms with Crippen molar-refractivity contribution in [3.8, 4) is 0 Å². The summed E-state index contributed by atoms with van der Waals surface area (Å²) in [6, 6.07) is 0. The number of nitrogens with zero attached hydrogens (tertiary/aromatic N) is 1. The molecule has 2 aliphatic rings. The highest BCUT2D eigenvalue weighted by Crippen LogP contribution is 2.29. The van der Waals surface area contributed by atoms with Gasteiger partial charge < -0.3 is 21.0 Å². The van der Waals surface area contributed by atoms with Gasteiger partial charge in [-0.05, 0) is 26.2 Å². The fourth-order valence-electron chi connectivity index (χ4n) is 3.21. The molecule has 4 N–H and O–H groups in total. The highest BCUT2D eigenvalue weighted by atomic mass is 16.5. The van der Waals surface area contributed by atoms with Gasteiger partial charge in [0.1, 0.15) is 5.54 Å². The fraction of sp³-hybridized carbons (Fsp3) is 0.857. The molecule has 2 unspecified atom stereocenters. The van der Waals surface area contributed by atoms with Gasteiger partial charge in [-0.1, -0.05) is 30.8 Å². The third kappa shape index (κ3) is 3.23. The van der Waals surface area contributed by atoms with Gasteiger partial charge in [0.05, 0.1) is 18.6 Å². The van der Waals surface area contributed by atoms with Crippen LogP contribution in [0.1, 0.15) is 51.9 Å². The molecule has 1 saturated carbocycles. The van der Waals surface area contributed by atoms with Crippen molar-refractivity contribution < 1.29 is 14.7 Å². The number of carbonyl (C=O) groups excluding carboxylic acids is 1. The first-order valence-electron chi connectivity index (χ1n) is 7.49. The smallest absolute Gasteiger partial charge is 0.226 e. The SMILES string of the molecule is CC1CC(C(=O)NC2(C(N)=NO)CCCCCC2)CO1.